The molecule has 6 heteroatoms. The molecule has 2 aromatic carbocycles. The lowest BCUT2D eigenvalue weighted by molar-refractivity contribution is 0.0692. The number of benzene rings is 2. The van der Waals surface area contributed by atoms with Gasteiger partial charge in [-0.15, -0.1) is 11.3 Å². The van der Waals surface area contributed by atoms with Crippen LogP contribution in [0.3, 0.4) is 0 Å². The first-order valence-corrected chi connectivity index (χ1v) is 7.33. The number of ether oxygens (including phenoxy) is 1. The Morgan fingerprint density at radius 2 is 2.05 bits per heavy atom. The number of aromatic carboxylic acids is 1. The van der Waals surface area contributed by atoms with E-state index in [2.05, 4.69) is 4.98 Å². The van der Waals surface area contributed by atoms with E-state index in [1.807, 2.05) is 24.3 Å². The summed E-state index contributed by atoms with van der Waals surface area (Å²) in [6.07, 6.45) is 0. The van der Waals surface area contributed by atoms with Crippen LogP contribution in [0.2, 0.25) is 5.02 Å². The largest absolute Gasteiger partial charge is 0.485 e. The van der Waals surface area contributed by atoms with Gasteiger partial charge in [0.2, 0.25) is 0 Å². The third kappa shape index (κ3) is 2.84. The first-order valence-electron chi connectivity index (χ1n) is 6.14. The Bertz CT molecular complexity index is 783. The molecule has 1 N–H and O–H groups in total. The molecular weight excluding hydrogens is 310 g/mol. The van der Waals surface area contributed by atoms with Crippen molar-refractivity contribution in [2.75, 3.05) is 0 Å². The van der Waals surface area contributed by atoms with Crippen LogP contribution in [0.1, 0.15) is 15.4 Å². The quantitative estimate of drug-likeness (QED) is 0.782. The van der Waals surface area contributed by atoms with Crippen LogP contribution < -0.4 is 4.74 Å². The number of fused-ring (bicyclic) bond motifs is 1. The molecule has 0 saturated carbocycles. The van der Waals surface area contributed by atoms with Gasteiger partial charge in [0.05, 0.1) is 15.2 Å². The van der Waals surface area contributed by atoms with Crippen molar-refractivity contribution in [1.29, 1.82) is 0 Å². The average molecular weight is 320 g/mol. The minimum absolute atomic E-state index is 0.0275. The van der Waals surface area contributed by atoms with Gasteiger partial charge in [-0.3, -0.25) is 0 Å². The van der Waals surface area contributed by atoms with Crippen molar-refractivity contribution in [2.45, 2.75) is 6.61 Å². The maximum Gasteiger partial charge on any atom is 0.341 e. The van der Waals surface area contributed by atoms with Gasteiger partial charge in [-0.05, 0) is 24.3 Å². The maximum absolute atomic E-state index is 11.2. The van der Waals surface area contributed by atoms with Crippen LogP contribution in [-0.4, -0.2) is 16.1 Å². The van der Waals surface area contributed by atoms with E-state index in [1.165, 1.54) is 17.4 Å². The van der Waals surface area contributed by atoms with E-state index in [9.17, 15) is 9.90 Å². The van der Waals surface area contributed by atoms with Crippen LogP contribution in [0.5, 0.6) is 5.75 Å². The fraction of sp³-hybridized carbons (Fsp3) is 0.0667. The molecule has 0 saturated heterocycles. The van der Waals surface area contributed by atoms with E-state index in [1.54, 1.807) is 12.1 Å². The summed E-state index contributed by atoms with van der Waals surface area (Å²) in [5.41, 5.74) is 0.880. The molecule has 0 spiro atoms. The van der Waals surface area contributed by atoms with Crippen LogP contribution in [0.4, 0.5) is 0 Å². The maximum atomic E-state index is 11.2. The Kier molecular flexibility index (Phi) is 3.77. The lowest BCUT2D eigenvalue weighted by Gasteiger charge is -2.08. The summed E-state index contributed by atoms with van der Waals surface area (Å²) < 4.78 is 6.65. The average Bonchev–Trinajstić information content (AvgIpc) is 2.87. The molecule has 3 rings (SSSR count). The first kappa shape index (κ1) is 13.9. The number of hydrogen-bond acceptors (Lipinski definition) is 4. The van der Waals surface area contributed by atoms with Crippen LogP contribution in [0, 0.1) is 0 Å². The first-order chi connectivity index (χ1) is 10.1. The topological polar surface area (TPSA) is 59.4 Å². The molecule has 3 aromatic rings. The van der Waals surface area contributed by atoms with Gasteiger partial charge in [-0.1, -0.05) is 29.8 Å². The molecule has 0 aliphatic rings. The summed E-state index contributed by atoms with van der Waals surface area (Å²) in [5.74, 6) is -0.867. The van der Waals surface area contributed by atoms with Crippen LogP contribution >= 0.6 is 22.9 Å². The highest BCUT2D eigenvalue weighted by Gasteiger charge is 2.16. The van der Waals surface area contributed by atoms with Crippen molar-refractivity contribution >= 4 is 39.1 Å². The van der Waals surface area contributed by atoms with Gasteiger partial charge >= 0.3 is 5.97 Å². The molecule has 0 radical (unpaired) electrons. The summed E-state index contributed by atoms with van der Waals surface area (Å²) in [4.78, 5) is 15.7. The van der Waals surface area contributed by atoms with Crippen LogP contribution in [-0.2, 0) is 6.61 Å². The molecule has 0 fully saturated rings. The number of carboxylic acids is 1. The van der Waals surface area contributed by atoms with E-state index in [0.717, 1.165) is 15.2 Å². The molecule has 0 bridgehead atoms. The third-order valence-corrected chi connectivity index (χ3v) is 4.20. The molecule has 1 aromatic heterocycles. The predicted octanol–water partition coefficient (Wildman–Crippen LogP) is 4.23. The molecule has 0 atom stereocenters. The second-order valence-corrected chi connectivity index (χ2v) is 5.80. The van der Waals surface area contributed by atoms with Crippen LogP contribution in [0.15, 0.2) is 42.5 Å². The van der Waals surface area contributed by atoms with Gasteiger partial charge < -0.3 is 9.84 Å². The highest BCUT2D eigenvalue weighted by Crippen LogP contribution is 2.28. The SMILES string of the molecule is O=C(O)c1c(Cl)cccc1OCc1nc2ccccc2s1. The Labute approximate surface area is 129 Å². The summed E-state index contributed by atoms with van der Waals surface area (Å²) in [7, 11) is 0. The number of carboxylic acid groups (broad SMARTS) is 1. The number of carbonyl (C=O) groups is 1. The van der Waals surface area contributed by atoms with Crippen molar-refractivity contribution in [3.63, 3.8) is 0 Å². The van der Waals surface area contributed by atoms with E-state index in [0.29, 0.717) is 0 Å². The zero-order valence-electron chi connectivity index (χ0n) is 10.7. The molecule has 106 valence electrons. The normalized spacial score (nSPS) is 10.7. The summed E-state index contributed by atoms with van der Waals surface area (Å²) in [6.45, 7) is 0.208. The van der Waals surface area contributed by atoms with Crippen molar-refractivity contribution in [3.05, 3.63) is 58.1 Å². The molecule has 1 heterocycles. The van der Waals surface area contributed by atoms with Gasteiger partial charge in [-0.2, -0.15) is 0 Å². The van der Waals surface area contributed by atoms with Gasteiger partial charge in [0.1, 0.15) is 22.9 Å². The molecule has 4 nitrogen and oxygen atoms in total. The predicted molar refractivity (Wildman–Crippen MR) is 82.4 cm³/mol. The summed E-state index contributed by atoms with van der Waals surface area (Å²) >= 11 is 7.41. The fourth-order valence-electron chi connectivity index (χ4n) is 1.95. The van der Waals surface area contributed by atoms with E-state index < -0.39 is 5.97 Å². The standard InChI is InChI=1S/C15H10ClNO3S/c16-9-4-3-6-11(14(9)15(18)19)20-8-13-17-10-5-1-2-7-12(10)21-13/h1-7H,8H2,(H,18,19). The zero-order chi connectivity index (χ0) is 14.8. The smallest absolute Gasteiger partial charge is 0.341 e. The molecule has 0 amide bonds. The van der Waals surface area contributed by atoms with E-state index in [4.69, 9.17) is 16.3 Å². The minimum atomic E-state index is -1.11. The number of para-hydroxylation sites is 1. The Hall–Kier alpha value is -2.11. The Morgan fingerprint density at radius 3 is 2.81 bits per heavy atom. The monoisotopic (exact) mass is 319 g/mol. The number of rotatable bonds is 4. The van der Waals surface area contributed by atoms with Gasteiger partial charge in [0.15, 0.2) is 0 Å². The Balaban J connectivity index is 1.85. The van der Waals surface area contributed by atoms with E-state index >= 15 is 0 Å². The van der Waals surface area contributed by atoms with Crippen molar-refractivity contribution in [2.24, 2.45) is 0 Å². The number of nitrogens with zero attached hydrogens (tertiary/aromatic N) is 1. The Morgan fingerprint density at radius 1 is 1.24 bits per heavy atom. The second-order valence-electron chi connectivity index (χ2n) is 4.28. The number of halogens is 1. The minimum Gasteiger partial charge on any atom is -0.485 e. The molecule has 0 aliphatic carbocycles. The molecule has 0 aliphatic heterocycles. The summed E-state index contributed by atoms with van der Waals surface area (Å²) in [5, 5.41) is 10.1. The lowest BCUT2D eigenvalue weighted by Crippen LogP contribution is -2.04. The van der Waals surface area contributed by atoms with Crippen molar-refractivity contribution < 1.29 is 14.6 Å². The third-order valence-electron chi connectivity index (χ3n) is 2.88. The number of aromatic nitrogens is 1. The molecule has 21 heavy (non-hydrogen) atoms. The lowest BCUT2D eigenvalue weighted by atomic mass is 10.2. The highest BCUT2D eigenvalue weighted by molar-refractivity contribution is 7.18. The van der Waals surface area contributed by atoms with Gasteiger partial charge in [0, 0.05) is 0 Å². The van der Waals surface area contributed by atoms with Crippen LogP contribution in [0.25, 0.3) is 10.2 Å². The second kappa shape index (κ2) is 5.71. The van der Waals surface area contributed by atoms with E-state index in [-0.39, 0.29) is 22.9 Å². The fourth-order valence-corrected chi connectivity index (χ4v) is 3.08. The molecule has 0 unspecified atom stereocenters. The zero-order valence-corrected chi connectivity index (χ0v) is 12.3. The number of hydrogen-bond donors (Lipinski definition) is 1. The van der Waals surface area contributed by atoms with Gasteiger partial charge in [-0.25, -0.2) is 9.78 Å². The van der Waals surface area contributed by atoms with Crippen molar-refractivity contribution in [3.8, 4) is 5.75 Å². The molecular formula is C15H10ClNO3S. The van der Waals surface area contributed by atoms with Crippen molar-refractivity contribution in [1.82, 2.24) is 4.98 Å². The number of thiazole rings is 1. The summed E-state index contributed by atoms with van der Waals surface area (Å²) in [6, 6.07) is 12.5. The highest BCUT2D eigenvalue weighted by atomic mass is 35.5. The van der Waals surface area contributed by atoms with Gasteiger partial charge in [0.25, 0.3) is 0 Å².